The molecule has 3 rings (SSSR count). The Balaban J connectivity index is 1.83. The van der Waals surface area contributed by atoms with E-state index < -0.39 is 10.0 Å². The summed E-state index contributed by atoms with van der Waals surface area (Å²) in [7, 11) is -3.37. The number of fused-ring (bicyclic) bond motifs is 1. The predicted molar refractivity (Wildman–Crippen MR) is 84.4 cm³/mol. The number of hydrogen-bond donors (Lipinski definition) is 1. The molecule has 1 aliphatic carbocycles. The van der Waals surface area contributed by atoms with Crippen molar-refractivity contribution in [1.29, 1.82) is 0 Å². The summed E-state index contributed by atoms with van der Waals surface area (Å²) in [5.74, 6) is 1.29. The van der Waals surface area contributed by atoms with Crippen LogP contribution in [0.25, 0.3) is 0 Å². The minimum Gasteiger partial charge on any atom is -0.399 e. The topological polar surface area (TPSA) is 63.4 Å². The molecule has 4 nitrogen and oxygen atoms in total. The summed E-state index contributed by atoms with van der Waals surface area (Å²) in [4.78, 5) is 0.378. The number of nitrogens with zero attached hydrogens (tertiary/aromatic N) is 1. The fourth-order valence-electron chi connectivity index (χ4n) is 3.74. The maximum Gasteiger partial charge on any atom is 0.243 e. The van der Waals surface area contributed by atoms with Crippen LogP contribution in [-0.4, -0.2) is 25.8 Å². The van der Waals surface area contributed by atoms with Gasteiger partial charge in [-0.1, -0.05) is 19.3 Å². The van der Waals surface area contributed by atoms with Gasteiger partial charge in [0.15, 0.2) is 0 Å². The standard InChI is InChI=1S/C16H24N2O2S/c1-12-10-15(6-7-16(12)17)21(19,20)18-9-8-13-4-2-3-5-14(13)11-18/h6-7,10,13-14H,2-5,8-9,11,17H2,1H3. The normalized spacial score (nSPS) is 27.3. The van der Waals surface area contributed by atoms with Gasteiger partial charge in [0.1, 0.15) is 0 Å². The monoisotopic (exact) mass is 308 g/mol. The van der Waals surface area contributed by atoms with Crippen molar-refractivity contribution in [3.63, 3.8) is 0 Å². The Hall–Kier alpha value is -1.07. The van der Waals surface area contributed by atoms with Gasteiger partial charge in [-0.05, 0) is 55.4 Å². The summed E-state index contributed by atoms with van der Waals surface area (Å²) in [6.07, 6.45) is 6.02. The Kier molecular flexibility index (Phi) is 3.97. The van der Waals surface area contributed by atoms with E-state index in [4.69, 9.17) is 5.73 Å². The Bertz CT molecular complexity index is 627. The number of benzene rings is 1. The molecule has 1 aromatic rings. The van der Waals surface area contributed by atoms with Crippen molar-refractivity contribution in [3.8, 4) is 0 Å². The van der Waals surface area contributed by atoms with Gasteiger partial charge in [-0.3, -0.25) is 0 Å². The van der Waals surface area contributed by atoms with Gasteiger partial charge in [0.2, 0.25) is 10.0 Å². The minimum absolute atomic E-state index is 0.378. The third-order valence-corrected chi connectivity index (χ3v) is 6.99. The zero-order valence-electron chi connectivity index (χ0n) is 12.6. The summed E-state index contributed by atoms with van der Waals surface area (Å²) < 4.78 is 27.3. The van der Waals surface area contributed by atoms with Crippen LogP contribution in [0.5, 0.6) is 0 Å². The highest BCUT2D eigenvalue weighted by Crippen LogP contribution is 2.37. The average Bonchev–Trinajstić information content (AvgIpc) is 2.49. The second-order valence-electron chi connectivity index (χ2n) is 6.47. The van der Waals surface area contributed by atoms with Crippen molar-refractivity contribution >= 4 is 15.7 Å². The smallest absolute Gasteiger partial charge is 0.243 e. The first-order valence-electron chi connectivity index (χ1n) is 7.85. The molecule has 0 bridgehead atoms. The van der Waals surface area contributed by atoms with Crippen LogP contribution in [0.3, 0.4) is 0 Å². The van der Waals surface area contributed by atoms with Crippen LogP contribution in [0, 0.1) is 18.8 Å². The summed E-state index contributed by atoms with van der Waals surface area (Å²) in [6, 6.07) is 5.01. The summed E-state index contributed by atoms with van der Waals surface area (Å²) in [5.41, 5.74) is 7.25. The summed E-state index contributed by atoms with van der Waals surface area (Å²) in [6.45, 7) is 3.20. The van der Waals surface area contributed by atoms with E-state index in [-0.39, 0.29) is 0 Å². The second kappa shape index (κ2) is 5.61. The van der Waals surface area contributed by atoms with E-state index in [1.54, 1.807) is 22.5 Å². The number of anilines is 1. The molecule has 2 N–H and O–H groups in total. The van der Waals surface area contributed by atoms with Gasteiger partial charge in [-0.15, -0.1) is 0 Å². The van der Waals surface area contributed by atoms with Gasteiger partial charge in [-0.25, -0.2) is 8.42 Å². The van der Waals surface area contributed by atoms with E-state index in [2.05, 4.69) is 0 Å². The number of sulfonamides is 1. The van der Waals surface area contributed by atoms with E-state index >= 15 is 0 Å². The van der Waals surface area contributed by atoms with E-state index in [1.807, 2.05) is 6.92 Å². The van der Waals surface area contributed by atoms with Gasteiger partial charge in [0, 0.05) is 18.8 Å². The SMILES string of the molecule is Cc1cc(S(=O)(=O)N2CCC3CCCCC3C2)ccc1N. The summed E-state index contributed by atoms with van der Waals surface area (Å²) in [5, 5.41) is 0. The molecule has 1 aliphatic heterocycles. The fraction of sp³-hybridized carbons (Fsp3) is 0.625. The van der Waals surface area contributed by atoms with E-state index in [0.717, 1.165) is 17.9 Å². The maximum absolute atomic E-state index is 12.8. The number of hydrogen-bond acceptors (Lipinski definition) is 3. The largest absolute Gasteiger partial charge is 0.399 e. The predicted octanol–water partition coefficient (Wildman–Crippen LogP) is 2.78. The van der Waals surface area contributed by atoms with Crippen molar-refractivity contribution in [2.75, 3.05) is 18.8 Å². The highest BCUT2D eigenvalue weighted by atomic mass is 32.2. The third-order valence-electron chi connectivity index (χ3n) is 5.13. The molecule has 2 fully saturated rings. The highest BCUT2D eigenvalue weighted by Gasteiger charge is 2.36. The van der Waals surface area contributed by atoms with Crippen LogP contribution in [0.2, 0.25) is 0 Å². The van der Waals surface area contributed by atoms with Crippen LogP contribution >= 0.6 is 0 Å². The molecule has 21 heavy (non-hydrogen) atoms. The Labute approximate surface area is 127 Å². The van der Waals surface area contributed by atoms with E-state index in [9.17, 15) is 8.42 Å². The lowest BCUT2D eigenvalue weighted by Crippen LogP contribution is -2.44. The molecule has 1 saturated heterocycles. The van der Waals surface area contributed by atoms with Gasteiger partial charge >= 0.3 is 0 Å². The fourth-order valence-corrected chi connectivity index (χ4v) is 5.34. The Morgan fingerprint density at radius 1 is 1.14 bits per heavy atom. The Morgan fingerprint density at radius 3 is 2.57 bits per heavy atom. The number of nitrogen functional groups attached to an aromatic ring is 1. The lowest BCUT2D eigenvalue weighted by atomic mass is 9.76. The molecule has 0 spiro atoms. The van der Waals surface area contributed by atoms with Crippen LogP contribution in [-0.2, 0) is 10.0 Å². The van der Waals surface area contributed by atoms with Crippen molar-refractivity contribution in [2.24, 2.45) is 11.8 Å². The molecule has 0 amide bonds. The molecule has 2 aliphatic rings. The van der Waals surface area contributed by atoms with E-state index in [0.29, 0.717) is 29.6 Å². The van der Waals surface area contributed by atoms with Crippen molar-refractivity contribution < 1.29 is 8.42 Å². The molecule has 1 saturated carbocycles. The number of nitrogens with two attached hydrogens (primary N) is 1. The molecular weight excluding hydrogens is 284 g/mol. The quantitative estimate of drug-likeness (QED) is 0.855. The van der Waals surface area contributed by atoms with Gasteiger partial charge in [0.25, 0.3) is 0 Å². The van der Waals surface area contributed by atoms with Gasteiger partial charge < -0.3 is 5.73 Å². The molecule has 1 aromatic carbocycles. The van der Waals surface area contributed by atoms with E-state index in [1.165, 1.54) is 25.7 Å². The van der Waals surface area contributed by atoms with Crippen LogP contribution in [0.4, 0.5) is 5.69 Å². The molecule has 2 unspecified atom stereocenters. The summed E-state index contributed by atoms with van der Waals surface area (Å²) >= 11 is 0. The number of rotatable bonds is 2. The first-order valence-corrected chi connectivity index (χ1v) is 9.29. The van der Waals surface area contributed by atoms with Crippen LogP contribution < -0.4 is 5.73 Å². The first-order chi connectivity index (χ1) is 9.98. The zero-order valence-corrected chi connectivity index (χ0v) is 13.4. The number of aryl methyl sites for hydroxylation is 1. The first kappa shape index (κ1) is 14.9. The third kappa shape index (κ3) is 2.81. The minimum atomic E-state index is -3.37. The Morgan fingerprint density at radius 2 is 1.86 bits per heavy atom. The molecule has 1 heterocycles. The van der Waals surface area contributed by atoms with Gasteiger partial charge in [0.05, 0.1) is 4.90 Å². The van der Waals surface area contributed by atoms with Crippen LogP contribution in [0.15, 0.2) is 23.1 Å². The lowest BCUT2D eigenvalue weighted by Gasteiger charge is -2.40. The van der Waals surface area contributed by atoms with Crippen molar-refractivity contribution in [3.05, 3.63) is 23.8 Å². The average molecular weight is 308 g/mol. The second-order valence-corrected chi connectivity index (χ2v) is 8.41. The molecular formula is C16H24N2O2S. The van der Waals surface area contributed by atoms with Gasteiger partial charge in [-0.2, -0.15) is 4.31 Å². The van der Waals surface area contributed by atoms with Crippen molar-refractivity contribution in [1.82, 2.24) is 4.31 Å². The molecule has 0 aromatic heterocycles. The maximum atomic E-state index is 12.8. The van der Waals surface area contributed by atoms with Crippen molar-refractivity contribution in [2.45, 2.75) is 43.9 Å². The number of piperidine rings is 1. The van der Waals surface area contributed by atoms with Crippen LogP contribution in [0.1, 0.15) is 37.7 Å². The molecule has 2 atom stereocenters. The molecule has 116 valence electrons. The molecule has 0 radical (unpaired) electrons. The highest BCUT2D eigenvalue weighted by molar-refractivity contribution is 7.89. The zero-order chi connectivity index (χ0) is 15.0. The lowest BCUT2D eigenvalue weighted by molar-refractivity contribution is 0.136. The molecule has 5 heteroatoms.